The lowest BCUT2D eigenvalue weighted by Crippen LogP contribution is -2.29. The van der Waals surface area contributed by atoms with E-state index in [4.69, 9.17) is 0 Å². The topological polar surface area (TPSA) is 58.4 Å². The number of halogens is 3. The van der Waals surface area contributed by atoms with Crippen molar-refractivity contribution in [2.24, 2.45) is 0 Å². The molecule has 10 heteroatoms. The minimum atomic E-state index is -4.48. The van der Waals surface area contributed by atoms with E-state index in [-0.39, 0.29) is 5.65 Å². The van der Waals surface area contributed by atoms with Crippen molar-refractivity contribution >= 4 is 28.0 Å². The summed E-state index contributed by atoms with van der Waals surface area (Å²) >= 11 is 1.27. The van der Waals surface area contributed by atoms with Crippen LogP contribution >= 0.6 is 11.5 Å². The van der Waals surface area contributed by atoms with Gasteiger partial charge in [0, 0.05) is 12.7 Å². The summed E-state index contributed by atoms with van der Waals surface area (Å²) in [6.45, 7) is 4.60. The van der Waals surface area contributed by atoms with Gasteiger partial charge in [0.15, 0.2) is 11.5 Å². The third kappa shape index (κ3) is 3.91. The lowest BCUT2D eigenvalue weighted by molar-refractivity contribution is -0.141. The molecule has 3 aromatic heterocycles. The number of imidazole rings is 1. The van der Waals surface area contributed by atoms with Crippen molar-refractivity contribution < 1.29 is 13.2 Å². The van der Waals surface area contributed by atoms with Gasteiger partial charge in [-0.25, -0.2) is 9.97 Å². The SMILES string of the molecule is Cc1cn2c(C(F)(F)F)cnc2c(Nc2cc(CN3CCCCC3)ns2)n1. The normalized spacial score (nSPS) is 16.1. The van der Waals surface area contributed by atoms with Crippen molar-refractivity contribution in [3.8, 4) is 0 Å². The average molecular weight is 396 g/mol. The van der Waals surface area contributed by atoms with E-state index >= 15 is 0 Å². The first-order valence-corrected chi connectivity index (χ1v) is 9.54. The van der Waals surface area contributed by atoms with E-state index in [2.05, 4.69) is 24.6 Å². The van der Waals surface area contributed by atoms with Crippen LogP contribution < -0.4 is 5.32 Å². The molecule has 4 heterocycles. The molecule has 0 atom stereocenters. The van der Waals surface area contributed by atoms with Gasteiger partial charge in [0.2, 0.25) is 0 Å². The van der Waals surface area contributed by atoms with Gasteiger partial charge in [-0.3, -0.25) is 9.30 Å². The molecule has 1 aliphatic rings. The predicted molar refractivity (Wildman–Crippen MR) is 97.3 cm³/mol. The number of fused-ring (bicyclic) bond motifs is 1. The summed E-state index contributed by atoms with van der Waals surface area (Å²) in [6.07, 6.45) is 1.39. The first-order chi connectivity index (χ1) is 12.9. The molecule has 0 amide bonds. The highest BCUT2D eigenvalue weighted by Crippen LogP contribution is 2.32. The van der Waals surface area contributed by atoms with Crippen LogP contribution in [0.15, 0.2) is 18.5 Å². The molecule has 0 aliphatic carbocycles. The summed E-state index contributed by atoms with van der Waals surface area (Å²) in [5, 5.41) is 3.82. The summed E-state index contributed by atoms with van der Waals surface area (Å²) in [7, 11) is 0. The minimum absolute atomic E-state index is 0.138. The number of piperidine rings is 1. The van der Waals surface area contributed by atoms with Crippen molar-refractivity contribution in [3.63, 3.8) is 0 Å². The second-order valence-electron chi connectivity index (χ2n) is 6.71. The number of rotatable bonds is 4. The average Bonchev–Trinajstić information content (AvgIpc) is 3.22. The molecule has 0 spiro atoms. The summed E-state index contributed by atoms with van der Waals surface area (Å²) in [5.74, 6) is 0.290. The number of likely N-dealkylation sites (tertiary alicyclic amines) is 1. The quantitative estimate of drug-likeness (QED) is 0.715. The number of anilines is 2. The minimum Gasteiger partial charge on any atom is -0.328 e. The number of hydrogen-bond acceptors (Lipinski definition) is 6. The maximum absolute atomic E-state index is 13.2. The van der Waals surface area contributed by atoms with E-state index in [1.807, 2.05) is 6.07 Å². The number of aryl methyl sites for hydroxylation is 1. The van der Waals surface area contributed by atoms with Crippen LogP contribution in [-0.2, 0) is 12.7 Å². The van der Waals surface area contributed by atoms with E-state index in [0.717, 1.165) is 40.9 Å². The first kappa shape index (κ1) is 18.2. The van der Waals surface area contributed by atoms with Crippen LogP contribution in [0.2, 0.25) is 0 Å². The van der Waals surface area contributed by atoms with Gasteiger partial charge in [-0.1, -0.05) is 6.42 Å². The van der Waals surface area contributed by atoms with Crippen molar-refractivity contribution in [1.29, 1.82) is 0 Å². The monoisotopic (exact) mass is 396 g/mol. The molecule has 1 fully saturated rings. The van der Waals surface area contributed by atoms with Crippen molar-refractivity contribution in [2.45, 2.75) is 38.9 Å². The van der Waals surface area contributed by atoms with Crippen molar-refractivity contribution in [1.82, 2.24) is 23.6 Å². The molecular weight excluding hydrogens is 377 g/mol. The lowest BCUT2D eigenvalue weighted by atomic mass is 10.1. The van der Waals surface area contributed by atoms with Gasteiger partial charge in [-0.15, -0.1) is 0 Å². The van der Waals surface area contributed by atoms with E-state index < -0.39 is 11.9 Å². The Morgan fingerprint density at radius 1 is 1.22 bits per heavy atom. The van der Waals surface area contributed by atoms with E-state index in [9.17, 15) is 13.2 Å². The molecule has 4 rings (SSSR count). The fourth-order valence-corrected chi connectivity index (χ4v) is 3.97. The maximum Gasteiger partial charge on any atom is 0.433 e. The molecule has 0 bridgehead atoms. The number of alkyl halides is 3. The van der Waals surface area contributed by atoms with E-state index in [1.165, 1.54) is 37.0 Å². The first-order valence-electron chi connectivity index (χ1n) is 8.77. The Hall–Kier alpha value is -2.20. The molecule has 1 aliphatic heterocycles. The summed E-state index contributed by atoms with van der Waals surface area (Å²) in [4.78, 5) is 10.6. The van der Waals surface area contributed by atoms with Crippen LogP contribution in [-0.4, -0.2) is 36.7 Å². The molecule has 0 unspecified atom stereocenters. The predicted octanol–water partition coefficient (Wildman–Crippen LogP) is 4.24. The highest BCUT2D eigenvalue weighted by Gasteiger charge is 2.35. The highest BCUT2D eigenvalue weighted by atomic mass is 32.1. The molecule has 27 heavy (non-hydrogen) atoms. The zero-order valence-electron chi connectivity index (χ0n) is 14.8. The Kier molecular flexibility index (Phi) is 4.77. The fourth-order valence-electron chi connectivity index (χ4n) is 3.31. The maximum atomic E-state index is 13.2. The Bertz CT molecular complexity index is 942. The largest absolute Gasteiger partial charge is 0.433 e. The smallest absolute Gasteiger partial charge is 0.328 e. The number of nitrogens with zero attached hydrogens (tertiary/aromatic N) is 5. The number of hydrogen-bond donors (Lipinski definition) is 1. The molecule has 0 radical (unpaired) electrons. The lowest BCUT2D eigenvalue weighted by Gasteiger charge is -2.25. The summed E-state index contributed by atoms with van der Waals surface area (Å²) < 4.78 is 44.9. The third-order valence-corrected chi connectivity index (χ3v) is 5.28. The molecule has 0 saturated carbocycles. The molecule has 144 valence electrons. The van der Waals surface area contributed by atoms with Gasteiger partial charge in [0.1, 0.15) is 10.7 Å². The van der Waals surface area contributed by atoms with Gasteiger partial charge < -0.3 is 5.32 Å². The van der Waals surface area contributed by atoms with Crippen LogP contribution in [0.4, 0.5) is 24.0 Å². The summed E-state index contributed by atoms with van der Waals surface area (Å²) in [6, 6.07) is 1.92. The fraction of sp³-hybridized carbons (Fsp3) is 0.471. The second-order valence-corrected chi connectivity index (χ2v) is 7.51. The molecule has 3 aromatic rings. The summed E-state index contributed by atoms with van der Waals surface area (Å²) in [5.41, 5.74) is 0.735. The zero-order valence-corrected chi connectivity index (χ0v) is 15.6. The number of aromatic nitrogens is 4. The van der Waals surface area contributed by atoms with Crippen LogP contribution in [0.25, 0.3) is 5.65 Å². The van der Waals surface area contributed by atoms with Crippen LogP contribution in [0.5, 0.6) is 0 Å². The molecule has 1 N–H and O–H groups in total. The van der Waals surface area contributed by atoms with E-state index in [0.29, 0.717) is 11.5 Å². The highest BCUT2D eigenvalue weighted by molar-refractivity contribution is 7.10. The van der Waals surface area contributed by atoms with Crippen molar-refractivity contribution in [2.75, 3.05) is 18.4 Å². The van der Waals surface area contributed by atoms with Gasteiger partial charge in [0.05, 0.1) is 17.6 Å². The van der Waals surface area contributed by atoms with E-state index in [1.54, 1.807) is 6.92 Å². The second kappa shape index (κ2) is 7.08. The van der Waals surface area contributed by atoms with Crippen LogP contribution in [0.1, 0.15) is 36.3 Å². The molecular formula is C17H19F3N6S. The van der Waals surface area contributed by atoms with Gasteiger partial charge in [-0.05, 0) is 50.5 Å². The van der Waals surface area contributed by atoms with Crippen LogP contribution in [0.3, 0.4) is 0 Å². The van der Waals surface area contributed by atoms with Gasteiger partial charge >= 0.3 is 6.18 Å². The Morgan fingerprint density at radius 2 is 2.00 bits per heavy atom. The van der Waals surface area contributed by atoms with Gasteiger partial charge in [0.25, 0.3) is 0 Å². The third-order valence-electron chi connectivity index (χ3n) is 4.54. The van der Waals surface area contributed by atoms with Crippen LogP contribution in [0, 0.1) is 6.92 Å². The standard InChI is InChI=1S/C17H19F3N6S/c1-11-9-26-13(17(18,19)20)8-21-16(26)15(22-11)23-14-7-12(24-27-14)10-25-5-3-2-4-6-25/h7-9H,2-6,10H2,1H3,(H,22,23). The molecule has 6 nitrogen and oxygen atoms in total. The Labute approximate surface area is 158 Å². The zero-order chi connectivity index (χ0) is 19.0. The number of nitrogens with one attached hydrogen (secondary N) is 1. The molecule has 0 aromatic carbocycles. The van der Waals surface area contributed by atoms with Gasteiger partial charge in [-0.2, -0.15) is 17.5 Å². The Balaban J connectivity index is 1.57. The van der Waals surface area contributed by atoms with Crippen molar-refractivity contribution in [3.05, 3.63) is 35.5 Å². The molecule has 1 saturated heterocycles. The Morgan fingerprint density at radius 3 is 2.74 bits per heavy atom.